The Bertz CT molecular complexity index is 1280. The SMILES string of the molecule is CC(C)N1CC(C(c2ccccc2)c2ccccc2)n2ncc(=O)c(OC(=O)C3CCOCC3)c2C1=O. The van der Waals surface area contributed by atoms with Crippen LogP contribution in [0.5, 0.6) is 5.75 Å². The summed E-state index contributed by atoms with van der Waals surface area (Å²) in [7, 11) is 0. The molecule has 3 heterocycles. The van der Waals surface area contributed by atoms with E-state index in [-0.39, 0.29) is 41.3 Å². The molecule has 8 heteroatoms. The Morgan fingerprint density at radius 2 is 1.57 bits per heavy atom. The lowest BCUT2D eigenvalue weighted by molar-refractivity contribution is -0.142. The molecule has 2 aliphatic heterocycles. The van der Waals surface area contributed by atoms with Gasteiger partial charge in [0.25, 0.3) is 5.91 Å². The van der Waals surface area contributed by atoms with Gasteiger partial charge in [0.05, 0.1) is 18.2 Å². The highest BCUT2D eigenvalue weighted by Crippen LogP contribution is 2.40. The first-order valence-corrected chi connectivity index (χ1v) is 12.8. The molecule has 1 unspecified atom stereocenters. The van der Waals surface area contributed by atoms with Crippen LogP contribution in [0.2, 0.25) is 0 Å². The third-order valence-electron chi connectivity index (χ3n) is 7.21. The predicted molar refractivity (Wildman–Crippen MR) is 138 cm³/mol. The molecule has 1 fully saturated rings. The molecule has 0 N–H and O–H groups in total. The molecule has 2 aromatic carbocycles. The average Bonchev–Trinajstić information content (AvgIpc) is 2.93. The van der Waals surface area contributed by atoms with Gasteiger partial charge in [-0.1, -0.05) is 60.7 Å². The third kappa shape index (κ3) is 4.93. The number of rotatable bonds is 6. The van der Waals surface area contributed by atoms with E-state index in [0.717, 1.165) is 17.3 Å². The maximum atomic E-state index is 13.7. The van der Waals surface area contributed by atoms with E-state index in [1.54, 1.807) is 9.58 Å². The zero-order valence-corrected chi connectivity index (χ0v) is 21.1. The maximum absolute atomic E-state index is 13.7. The van der Waals surface area contributed by atoms with E-state index in [4.69, 9.17) is 9.47 Å². The van der Waals surface area contributed by atoms with Gasteiger partial charge >= 0.3 is 5.97 Å². The topological polar surface area (TPSA) is 90.7 Å². The Kier molecular flexibility index (Phi) is 7.19. The van der Waals surface area contributed by atoms with Gasteiger partial charge in [0, 0.05) is 31.7 Å². The second kappa shape index (κ2) is 10.7. The minimum absolute atomic E-state index is 0.0229. The summed E-state index contributed by atoms with van der Waals surface area (Å²) in [4.78, 5) is 41.5. The van der Waals surface area contributed by atoms with Crippen molar-refractivity contribution in [3.63, 3.8) is 0 Å². The van der Waals surface area contributed by atoms with Crippen LogP contribution in [0.4, 0.5) is 0 Å². The number of amides is 1. The monoisotopic (exact) mass is 501 g/mol. The number of fused-ring (bicyclic) bond motifs is 1. The van der Waals surface area contributed by atoms with Gasteiger partial charge in [-0.15, -0.1) is 0 Å². The van der Waals surface area contributed by atoms with Crippen LogP contribution >= 0.6 is 0 Å². The highest BCUT2D eigenvalue weighted by molar-refractivity contribution is 5.97. The highest BCUT2D eigenvalue weighted by Gasteiger charge is 2.41. The van der Waals surface area contributed by atoms with Gasteiger partial charge in [-0.3, -0.25) is 19.1 Å². The fraction of sp³-hybridized carbons (Fsp3) is 0.379. The normalized spacial score (nSPS) is 18.2. The van der Waals surface area contributed by atoms with Gasteiger partial charge in [-0.2, -0.15) is 5.10 Å². The fourth-order valence-corrected chi connectivity index (χ4v) is 5.26. The molecule has 1 aromatic heterocycles. The van der Waals surface area contributed by atoms with Crippen molar-refractivity contribution >= 4 is 11.9 Å². The first-order chi connectivity index (χ1) is 18.0. The van der Waals surface area contributed by atoms with Crippen LogP contribution < -0.4 is 10.2 Å². The molecule has 5 rings (SSSR count). The molecular weight excluding hydrogens is 470 g/mol. The molecule has 8 nitrogen and oxygen atoms in total. The molecule has 0 radical (unpaired) electrons. The van der Waals surface area contributed by atoms with E-state index in [1.165, 1.54) is 0 Å². The summed E-state index contributed by atoms with van der Waals surface area (Å²) in [6, 6.07) is 19.6. The first kappa shape index (κ1) is 24.9. The highest BCUT2D eigenvalue weighted by atomic mass is 16.5. The molecule has 0 saturated carbocycles. The van der Waals surface area contributed by atoms with Crippen molar-refractivity contribution in [2.75, 3.05) is 19.8 Å². The second-order valence-corrected chi connectivity index (χ2v) is 9.86. The zero-order valence-electron chi connectivity index (χ0n) is 21.1. The quantitative estimate of drug-likeness (QED) is 0.477. The van der Waals surface area contributed by atoms with Crippen molar-refractivity contribution in [2.24, 2.45) is 5.92 Å². The molecule has 2 aliphatic rings. The Hall–Kier alpha value is -3.78. The molecule has 0 spiro atoms. The standard InChI is InChI=1S/C29H31N3O5/c1-19(2)31-18-23(25(20-9-5-3-6-10-20)21-11-7-4-8-12-21)32-26(28(31)34)27(24(33)17-30-32)37-29(35)22-13-15-36-16-14-22/h3-12,17,19,22-23,25H,13-16,18H2,1-2H3. The van der Waals surface area contributed by atoms with Crippen LogP contribution in [0.3, 0.4) is 0 Å². The van der Waals surface area contributed by atoms with E-state index >= 15 is 0 Å². The number of benzene rings is 2. The Morgan fingerprint density at radius 1 is 0.973 bits per heavy atom. The molecule has 1 atom stereocenters. The smallest absolute Gasteiger partial charge is 0.314 e. The number of ether oxygens (including phenoxy) is 2. The second-order valence-electron chi connectivity index (χ2n) is 9.86. The molecule has 3 aromatic rings. The molecule has 37 heavy (non-hydrogen) atoms. The summed E-state index contributed by atoms with van der Waals surface area (Å²) in [5.41, 5.74) is 1.56. The number of esters is 1. The van der Waals surface area contributed by atoms with Crippen LogP contribution in [0, 0.1) is 5.92 Å². The van der Waals surface area contributed by atoms with E-state index < -0.39 is 11.4 Å². The van der Waals surface area contributed by atoms with Crippen molar-refractivity contribution in [1.82, 2.24) is 14.7 Å². The lowest BCUT2D eigenvalue weighted by Gasteiger charge is -2.41. The van der Waals surface area contributed by atoms with E-state index in [2.05, 4.69) is 29.4 Å². The molecule has 0 aliphatic carbocycles. The number of nitrogens with zero attached hydrogens (tertiary/aromatic N) is 3. The minimum atomic E-state index is -0.583. The van der Waals surface area contributed by atoms with Gasteiger partial charge in [0.1, 0.15) is 0 Å². The van der Waals surface area contributed by atoms with Crippen LogP contribution in [0.15, 0.2) is 71.7 Å². The van der Waals surface area contributed by atoms with Crippen LogP contribution in [0.25, 0.3) is 0 Å². The van der Waals surface area contributed by atoms with E-state index in [9.17, 15) is 14.4 Å². The number of hydrogen-bond donors (Lipinski definition) is 0. The first-order valence-electron chi connectivity index (χ1n) is 12.8. The largest absolute Gasteiger partial charge is 0.419 e. The zero-order chi connectivity index (χ0) is 25.9. The summed E-state index contributed by atoms with van der Waals surface area (Å²) in [6.45, 7) is 5.19. The van der Waals surface area contributed by atoms with E-state index in [0.29, 0.717) is 32.6 Å². The van der Waals surface area contributed by atoms with Gasteiger partial charge in [0.2, 0.25) is 11.2 Å². The summed E-state index contributed by atoms with van der Waals surface area (Å²) < 4.78 is 12.7. The lowest BCUT2D eigenvalue weighted by atomic mass is 9.83. The van der Waals surface area contributed by atoms with Crippen molar-refractivity contribution in [2.45, 2.75) is 44.7 Å². The molecule has 1 amide bonds. The van der Waals surface area contributed by atoms with Crippen molar-refractivity contribution in [1.29, 1.82) is 0 Å². The lowest BCUT2D eigenvalue weighted by Crippen LogP contribution is -2.50. The summed E-state index contributed by atoms with van der Waals surface area (Å²) in [5, 5.41) is 4.44. The van der Waals surface area contributed by atoms with Crippen molar-refractivity contribution < 1.29 is 19.1 Å². The van der Waals surface area contributed by atoms with Gasteiger partial charge < -0.3 is 14.4 Å². The average molecular weight is 502 g/mol. The number of carbonyl (C=O) groups is 2. The number of hydrogen-bond acceptors (Lipinski definition) is 6. The molecule has 0 bridgehead atoms. The van der Waals surface area contributed by atoms with Crippen molar-refractivity contribution in [3.05, 3.63) is 93.9 Å². The Labute approximate surface area is 215 Å². The molecular formula is C29H31N3O5. The summed E-state index contributed by atoms with van der Waals surface area (Å²) in [5.74, 6) is -1.66. The van der Waals surface area contributed by atoms with Gasteiger partial charge in [0.15, 0.2) is 5.69 Å². The maximum Gasteiger partial charge on any atom is 0.314 e. The van der Waals surface area contributed by atoms with E-state index in [1.807, 2.05) is 50.2 Å². The Balaban J connectivity index is 1.65. The third-order valence-corrected chi connectivity index (χ3v) is 7.21. The summed E-state index contributed by atoms with van der Waals surface area (Å²) >= 11 is 0. The number of carbonyl (C=O) groups excluding carboxylic acids is 2. The van der Waals surface area contributed by atoms with Crippen molar-refractivity contribution in [3.8, 4) is 5.75 Å². The Morgan fingerprint density at radius 3 is 2.14 bits per heavy atom. The predicted octanol–water partition coefficient (Wildman–Crippen LogP) is 3.81. The fourth-order valence-electron chi connectivity index (χ4n) is 5.26. The summed E-state index contributed by atoms with van der Waals surface area (Å²) in [6.07, 6.45) is 2.19. The van der Waals surface area contributed by atoms with Crippen LogP contribution in [-0.4, -0.2) is 52.4 Å². The van der Waals surface area contributed by atoms with Crippen LogP contribution in [-0.2, 0) is 9.53 Å². The van der Waals surface area contributed by atoms with Gasteiger partial charge in [-0.05, 0) is 37.8 Å². The van der Waals surface area contributed by atoms with Gasteiger partial charge in [-0.25, -0.2) is 0 Å². The molecule has 1 saturated heterocycles. The van der Waals surface area contributed by atoms with Crippen LogP contribution in [0.1, 0.15) is 60.3 Å². The molecule has 192 valence electrons. The minimum Gasteiger partial charge on any atom is -0.419 e. The number of aromatic nitrogens is 2.